The Hall–Kier alpha value is -1.18. The molecule has 0 fully saturated rings. The molecular formula is C8H8O2. The maximum Gasteiger partial charge on any atom is 0.125 e. The van der Waals surface area contributed by atoms with Crippen LogP contribution in [0.5, 0.6) is 11.5 Å². The summed E-state index contributed by atoms with van der Waals surface area (Å²) in [7, 11) is 0. The highest BCUT2D eigenvalue weighted by Gasteiger charge is 2.18. The topological polar surface area (TPSA) is 40.5 Å². The second kappa shape index (κ2) is 1.66. The van der Waals surface area contributed by atoms with Gasteiger partial charge in [-0.25, -0.2) is 0 Å². The molecule has 0 aromatic heterocycles. The van der Waals surface area contributed by atoms with Crippen LogP contribution in [0.4, 0.5) is 0 Å². The molecule has 0 saturated heterocycles. The van der Waals surface area contributed by atoms with Crippen LogP contribution < -0.4 is 0 Å². The maximum absolute atomic E-state index is 9.29. The van der Waals surface area contributed by atoms with Gasteiger partial charge in [-0.05, 0) is 24.5 Å². The number of fused-ring (bicyclic) bond motifs is 2. The second-order valence-electron chi connectivity index (χ2n) is 2.57. The fourth-order valence-corrected chi connectivity index (χ4v) is 1.38. The van der Waals surface area contributed by atoms with Gasteiger partial charge in [-0.3, -0.25) is 0 Å². The van der Waals surface area contributed by atoms with Gasteiger partial charge in [-0.2, -0.15) is 0 Å². The average molecular weight is 136 g/mol. The molecule has 2 nitrogen and oxygen atoms in total. The van der Waals surface area contributed by atoms with Crippen LogP contribution in [0, 0.1) is 0 Å². The van der Waals surface area contributed by atoms with Crippen LogP contribution >= 0.6 is 0 Å². The summed E-state index contributed by atoms with van der Waals surface area (Å²) < 4.78 is 0. The average Bonchev–Trinajstić information content (AvgIpc) is 2.13. The fourth-order valence-electron chi connectivity index (χ4n) is 1.38. The smallest absolute Gasteiger partial charge is 0.125 e. The van der Waals surface area contributed by atoms with E-state index in [4.69, 9.17) is 5.11 Å². The molecular weight excluding hydrogens is 128 g/mol. The predicted molar refractivity (Wildman–Crippen MR) is 37.2 cm³/mol. The van der Waals surface area contributed by atoms with E-state index >= 15 is 0 Å². The van der Waals surface area contributed by atoms with Gasteiger partial charge in [0.1, 0.15) is 11.5 Å². The van der Waals surface area contributed by atoms with Gasteiger partial charge in [0.25, 0.3) is 0 Å². The number of benzene rings is 1. The maximum atomic E-state index is 9.29. The summed E-state index contributed by atoms with van der Waals surface area (Å²) >= 11 is 0. The molecule has 0 amide bonds. The van der Waals surface area contributed by atoms with Gasteiger partial charge in [0.2, 0.25) is 0 Å². The lowest BCUT2D eigenvalue weighted by atomic mass is 10.2. The quantitative estimate of drug-likeness (QED) is 0.562. The standard InChI is InChI=1S/C8H8O2/c9-7-4-2-5-1-3-6(7)8(5)10/h2,4,9-10H,1,3H2. The molecule has 0 spiro atoms. The highest BCUT2D eigenvalue weighted by molar-refractivity contribution is 5.52. The molecule has 2 heteroatoms. The van der Waals surface area contributed by atoms with Crippen molar-refractivity contribution >= 4 is 0 Å². The molecule has 1 aliphatic rings. The van der Waals surface area contributed by atoms with Gasteiger partial charge in [-0.15, -0.1) is 0 Å². The van der Waals surface area contributed by atoms with Crippen molar-refractivity contribution in [2.45, 2.75) is 12.8 Å². The van der Waals surface area contributed by atoms with Gasteiger partial charge in [0.15, 0.2) is 0 Å². The summed E-state index contributed by atoms with van der Waals surface area (Å²) in [6, 6.07) is 3.40. The van der Waals surface area contributed by atoms with Crippen LogP contribution in [0.25, 0.3) is 0 Å². The van der Waals surface area contributed by atoms with Crippen molar-refractivity contribution in [2.24, 2.45) is 0 Å². The number of rotatable bonds is 0. The van der Waals surface area contributed by atoms with Crippen molar-refractivity contribution in [1.29, 1.82) is 0 Å². The summed E-state index contributed by atoms with van der Waals surface area (Å²) in [4.78, 5) is 0. The first-order valence-corrected chi connectivity index (χ1v) is 3.32. The number of phenolic OH excluding ortho intramolecular Hbond substituents is 2. The summed E-state index contributed by atoms with van der Waals surface area (Å²) in [5.41, 5.74) is 1.66. The van der Waals surface area contributed by atoms with E-state index in [1.54, 1.807) is 12.1 Å². The van der Waals surface area contributed by atoms with Crippen molar-refractivity contribution in [3.8, 4) is 11.5 Å². The number of phenols is 2. The summed E-state index contributed by atoms with van der Waals surface area (Å²) in [6.45, 7) is 0. The molecule has 52 valence electrons. The van der Waals surface area contributed by atoms with Crippen LogP contribution in [0.1, 0.15) is 11.1 Å². The van der Waals surface area contributed by atoms with Crippen molar-refractivity contribution in [1.82, 2.24) is 0 Å². The van der Waals surface area contributed by atoms with Crippen LogP contribution in [-0.4, -0.2) is 10.2 Å². The van der Waals surface area contributed by atoms with Gasteiger partial charge in [0.05, 0.1) is 0 Å². The Morgan fingerprint density at radius 1 is 1.10 bits per heavy atom. The van der Waals surface area contributed by atoms with Crippen LogP contribution in [0.2, 0.25) is 0 Å². The van der Waals surface area contributed by atoms with Gasteiger partial charge >= 0.3 is 0 Å². The van der Waals surface area contributed by atoms with Crippen LogP contribution in [0.15, 0.2) is 12.1 Å². The lowest BCUT2D eigenvalue weighted by Gasteiger charge is -1.97. The molecule has 0 heterocycles. The number of aromatic hydroxyl groups is 2. The Labute approximate surface area is 58.7 Å². The van der Waals surface area contributed by atoms with Crippen molar-refractivity contribution in [3.05, 3.63) is 23.3 Å². The molecule has 2 N–H and O–H groups in total. The Morgan fingerprint density at radius 3 is 2.60 bits per heavy atom. The first kappa shape index (κ1) is 5.59. The number of hydrogen-bond acceptors (Lipinski definition) is 2. The summed E-state index contributed by atoms with van der Waals surface area (Å²) in [5, 5.41) is 18.5. The largest absolute Gasteiger partial charge is 0.508 e. The summed E-state index contributed by atoms with van der Waals surface area (Å²) in [5.74, 6) is 0.513. The van der Waals surface area contributed by atoms with Crippen molar-refractivity contribution < 1.29 is 10.2 Å². The van der Waals surface area contributed by atoms with Gasteiger partial charge in [0, 0.05) is 5.56 Å². The third kappa shape index (κ3) is 0.533. The zero-order chi connectivity index (χ0) is 7.14. The minimum Gasteiger partial charge on any atom is -0.508 e. The van der Waals surface area contributed by atoms with Crippen LogP contribution in [0.3, 0.4) is 0 Å². The normalized spacial score (nSPS) is 14.0. The zero-order valence-corrected chi connectivity index (χ0v) is 5.46. The Morgan fingerprint density at radius 2 is 1.90 bits per heavy atom. The first-order chi connectivity index (χ1) is 4.79. The van der Waals surface area contributed by atoms with Gasteiger partial charge < -0.3 is 10.2 Å². The monoisotopic (exact) mass is 136 g/mol. The van der Waals surface area contributed by atoms with E-state index in [1.165, 1.54) is 0 Å². The molecule has 1 aliphatic carbocycles. The second-order valence-corrected chi connectivity index (χ2v) is 2.57. The molecule has 2 rings (SSSR count). The molecule has 1 aromatic carbocycles. The van der Waals surface area contributed by atoms with E-state index in [9.17, 15) is 5.11 Å². The molecule has 0 atom stereocenters. The molecule has 10 heavy (non-hydrogen) atoms. The molecule has 0 saturated carbocycles. The number of hydrogen-bond donors (Lipinski definition) is 2. The SMILES string of the molecule is Oc1ccc2c(O)c1CC2. The van der Waals surface area contributed by atoms with E-state index in [0.29, 0.717) is 11.3 Å². The molecule has 0 aliphatic heterocycles. The van der Waals surface area contributed by atoms with E-state index in [0.717, 1.165) is 18.4 Å². The lowest BCUT2D eigenvalue weighted by Crippen LogP contribution is -1.75. The molecule has 0 unspecified atom stereocenters. The number of aryl methyl sites for hydroxylation is 1. The van der Waals surface area contributed by atoms with E-state index < -0.39 is 0 Å². The minimum absolute atomic E-state index is 0.221. The van der Waals surface area contributed by atoms with E-state index in [2.05, 4.69) is 0 Å². The zero-order valence-electron chi connectivity index (χ0n) is 5.46. The van der Waals surface area contributed by atoms with E-state index in [1.807, 2.05) is 0 Å². The Balaban J connectivity index is 2.73. The predicted octanol–water partition coefficient (Wildman–Crippen LogP) is 1.20. The molecule has 0 radical (unpaired) electrons. The highest BCUT2D eigenvalue weighted by atomic mass is 16.3. The highest BCUT2D eigenvalue weighted by Crippen LogP contribution is 2.37. The third-order valence-corrected chi connectivity index (χ3v) is 1.99. The summed E-state index contributed by atoms with van der Waals surface area (Å²) in [6.07, 6.45) is 1.64. The minimum atomic E-state index is 0.221. The first-order valence-electron chi connectivity index (χ1n) is 3.32. The van der Waals surface area contributed by atoms with Gasteiger partial charge in [-0.1, -0.05) is 6.07 Å². The van der Waals surface area contributed by atoms with E-state index in [-0.39, 0.29) is 5.75 Å². The Kier molecular flexibility index (Phi) is 0.926. The molecule has 1 aromatic rings. The van der Waals surface area contributed by atoms with Crippen molar-refractivity contribution in [2.75, 3.05) is 0 Å². The third-order valence-electron chi connectivity index (χ3n) is 1.99. The van der Waals surface area contributed by atoms with Crippen molar-refractivity contribution in [3.63, 3.8) is 0 Å². The molecule has 2 bridgehead atoms. The Bertz CT molecular complexity index is 279. The fraction of sp³-hybridized carbons (Fsp3) is 0.250. The van der Waals surface area contributed by atoms with Crippen LogP contribution in [-0.2, 0) is 12.8 Å². The lowest BCUT2D eigenvalue weighted by molar-refractivity contribution is 0.444.